The summed E-state index contributed by atoms with van der Waals surface area (Å²) in [7, 11) is 0. The molecule has 0 amide bonds. The third kappa shape index (κ3) is 3.87. The third-order valence-corrected chi connectivity index (χ3v) is 4.64. The van der Waals surface area contributed by atoms with Crippen LogP contribution in [0.1, 0.15) is 31.5 Å². The highest BCUT2D eigenvalue weighted by atomic mass is 16.5. The lowest BCUT2D eigenvalue weighted by Crippen LogP contribution is -2.31. The Kier molecular flexibility index (Phi) is 4.66. The van der Waals surface area contributed by atoms with Gasteiger partial charge in [-0.25, -0.2) is 15.0 Å². The van der Waals surface area contributed by atoms with Crippen molar-refractivity contribution in [2.45, 2.75) is 37.8 Å². The van der Waals surface area contributed by atoms with Gasteiger partial charge in [-0.2, -0.15) is 5.26 Å². The molecule has 1 aliphatic rings. The standard InChI is InChI=1S/C19H19N7O/c20-11-18-23-6-5-17(26-18)25-13-1-3-14(4-2-13)27-16-10-12(21)9-15-19(16)24-8-7-22-15/h5-10,13-14H,1-4,21H2,(H,23,25,26). The Balaban J connectivity index is 1.39. The number of nitrogens with two attached hydrogens (primary N) is 1. The van der Waals surface area contributed by atoms with Crippen molar-refractivity contribution in [2.24, 2.45) is 0 Å². The average molecular weight is 361 g/mol. The molecular formula is C19H19N7O. The van der Waals surface area contributed by atoms with E-state index in [2.05, 4.69) is 25.3 Å². The predicted molar refractivity (Wildman–Crippen MR) is 101 cm³/mol. The van der Waals surface area contributed by atoms with Crippen LogP contribution in [0.5, 0.6) is 5.75 Å². The average Bonchev–Trinajstić information content (AvgIpc) is 2.69. The van der Waals surface area contributed by atoms with E-state index in [-0.39, 0.29) is 11.9 Å². The first kappa shape index (κ1) is 17.0. The first-order valence-corrected chi connectivity index (χ1v) is 8.88. The number of rotatable bonds is 4. The fourth-order valence-corrected chi connectivity index (χ4v) is 3.36. The first-order valence-electron chi connectivity index (χ1n) is 8.88. The van der Waals surface area contributed by atoms with E-state index in [1.807, 2.05) is 12.1 Å². The number of benzene rings is 1. The molecule has 8 nitrogen and oxygen atoms in total. The quantitative estimate of drug-likeness (QED) is 0.680. The van der Waals surface area contributed by atoms with Crippen molar-refractivity contribution in [2.75, 3.05) is 11.1 Å². The third-order valence-electron chi connectivity index (χ3n) is 4.64. The molecule has 0 bridgehead atoms. The number of hydrogen-bond acceptors (Lipinski definition) is 8. The number of ether oxygens (including phenoxy) is 1. The van der Waals surface area contributed by atoms with Gasteiger partial charge in [0.05, 0.1) is 11.6 Å². The second-order valence-corrected chi connectivity index (χ2v) is 6.56. The number of fused-ring (bicyclic) bond motifs is 1. The molecule has 3 N–H and O–H groups in total. The van der Waals surface area contributed by atoms with Gasteiger partial charge < -0.3 is 15.8 Å². The summed E-state index contributed by atoms with van der Waals surface area (Å²) in [5, 5.41) is 12.3. The summed E-state index contributed by atoms with van der Waals surface area (Å²) < 4.78 is 6.21. The van der Waals surface area contributed by atoms with Crippen LogP contribution in [0, 0.1) is 11.3 Å². The summed E-state index contributed by atoms with van der Waals surface area (Å²) in [5.74, 6) is 1.54. The summed E-state index contributed by atoms with van der Waals surface area (Å²) in [5.41, 5.74) is 8.05. The van der Waals surface area contributed by atoms with E-state index in [4.69, 9.17) is 15.7 Å². The number of anilines is 2. The van der Waals surface area contributed by atoms with Gasteiger partial charge in [0.1, 0.15) is 23.2 Å². The zero-order chi connectivity index (χ0) is 18.6. The fraction of sp³-hybridized carbons (Fsp3) is 0.316. The molecule has 2 aromatic heterocycles. The van der Waals surface area contributed by atoms with Crippen LogP contribution in [-0.4, -0.2) is 32.1 Å². The van der Waals surface area contributed by atoms with Crippen LogP contribution >= 0.6 is 0 Å². The molecule has 0 saturated heterocycles. The fourth-order valence-electron chi connectivity index (χ4n) is 3.36. The van der Waals surface area contributed by atoms with E-state index in [1.54, 1.807) is 30.7 Å². The molecule has 1 fully saturated rings. The van der Waals surface area contributed by atoms with Crippen molar-refractivity contribution < 1.29 is 4.74 Å². The molecule has 2 heterocycles. The zero-order valence-corrected chi connectivity index (χ0v) is 14.7. The highest BCUT2D eigenvalue weighted by Crippen LogP contribution is 2.30. The molecule has 3 aromatic rings. The maximum absolute atomic E-state index is 8.90. The second kappa shape index (κ2) is 7.41. The van der Waals surface area contributed by atoms with E-state index in [9.17, 15) is 0 Å². The Morgan fingerprint density at radius 2 is 1.89 bits per heavy atom. The van der Waals surface area contributed by atoms with Crippen LogP contribution in [0.2, 0.25) is 0 Å². The molecule has 0 spiro atoms. The predicted octanol–water partition coefficient (Wildman–Crippen LogP) is 2.68. The molecule has 1 aromatic carbocycles. The Morgan fingerprint density at radius 1 is 1.07 bits per heavy atom. The highest BCUT2D eigenvalue weighted by Gasteiger charge is 2.23. The minimum absolute atomic E-state index is 0.107. The lowest BCUT2D eigenvalue weighted by Gasteiger charge is -2.30. The maximum Gasteiger partial charge on any atom is 0.234 e. The lowest BCUT2D eigenvalue weighted by atomic mass is 9.93. The SMILES string of the molecule is N#Cc1nccc(NC2CCC(Oc3cc(N)cc4nccnc34)CC2)n1. The van der Waals surface area contributed by atoms with Gasteiger partial charge in [-0.15, -0.1) is 0 Å². The summed E-state index contributed by atoms with van der Waals surface area (Å²) in [6.07, 6.45) is 8.71. The van der Waals surface area contributed by atoms with Crippen molar-refractivity contribution in [3.63, 3.8) is 0 Å². The van der Waals surface area contributed by atoms with Crippen LogP contribution in [0.15, 0.2) is 36.8 Å². The monoisotopic (exact) mass is 361 g/mol. The minimum atomic E-state index is 0.107. The Labute approximate surface area is 156 Å². The van der Waals surface area contributed by atoms with Gasteiger partial charge in [0.15, 0.2) is 0 Å². The molecule has 0 unspecified atom stereocenters. The largest absolute Gasteiger partial charge is 0.488 e. The van der Waals surface area contributed by atoms with Crippen molar-refractivity contribution in [1.29, 1.82) is 5.26 Å². The van der Waals surface area contributed by atoms with Gasteiger partial charge in [-0.05, 0) is 37.8 Å². The summed E-state index contributed by atoms with van der Waals surface area (Å²) in [6.45, 7) is 0. The second-order valence-electron chi connectivity index (χ2n) is 6.56. The molecule has 1 aliphatic carbocycles. The van der Waals surface area contributed by atoms with Crippen LogP contribution in [0.3, 0.4) is 0 Å². The van der Waals surface area contributed by atoms with Gasteiger partial charge in [0.2, 0.25) is 5.82 Å². The van der Waals surface area contributed by atoms with Gasteiger partial charge in [0, 0.05) is 36.4 Å². The van der Waals surface area contributed by atoms with Gasteiger partial charge in [-0.3, -0.25) is 4.98 Å². The number of nitrogens with one attached hydrogen (secondary N) is 1. The summed E-state index contributed by atoms with van der Waals surface area (Å²) in [4.78, 5) is 16.7. The number of nitriles is 1. The molecule has 136 valence electrons. The number of nitrogens with zero attached hydrogens (tertiary/aromatic N) is 5. The minimum Gasteiger partial charge on any atom is -0.488 e. The highest BCUT2D eigenvalue weighted by molar-refractivity contribution is 5.84. The summed E-state index contributed by atoms with van der Waals surface area (Å²) in [6, 6.07) is 7.64. The normalized spacial score (nSPS) is 19.4. The van der Waals surface area contributed by atoms with Crippen molar-refractivity contribution in [1.82, 2.24) is 19.9 Å². The Bertz CT molecular complexity index is 993. The number of hydrogen-bond donors (Lipinski definition) is 2. The molecule has 0 aliphatic heterocycles. The zero-order valence-electron chi connectivity index (χ0n) is 14.7. The van der Waals surface area contributed by atoms with E-state index >= 15 is 0 Å². The van der Waals surface area contributed by atoms with Crippen molar-refractivity contribution in [3.8, 4) is 11.8 Å². The number of nitrogen functional groups attached to an aromatic ring is 1. The number of aromatic nitrogens is 4. The Hall–Kier alpha value is -3.47. The Morgan fingerprint density at radius 3 is 2.70 bits per heavy atom. The smallest absolute Gasteiger partial charge is 0.234 e. The molecule has 4 rings (SSSR count). The van der Waals surface area contributed by atoms with Gasteiger partial charge in [0.25, 0.3) is 0 Å². The van der Waals surface area contributed by atoms with Crippen LogP contribution in [0.25, 0.3) is 11.0 Å². The van der Waals surface area contributed by atoms with E-state index < -0.39 is 0 Å². The molecule has 0 radical (unpaired) electrons. The maximum atomic E-state index is 8.90. The molecule has 27 heavy (non-hydrogen) atoms. The van der Waals surface area contributed by atoms with Crippen LogP contribution in [0.4, 0.5) is 11.5 Å². The van der Waals surface area contributed by atoms with Crippen molar-refractivity contribution in [3.05, 3.63) is 42.6 Å². The van der Waals surface area contributed by atoms with Crippen LogP contribution < -0.4 is 15.8 Å². The van der Waals surface area contributed by atoms with E-state index in [1.165, 1.54) is 0 Å². The lowest BCUT2D eigenvalue weighted by molar-refractivity contribution is 0.152. The van der Waals surface area contributed by atoms with Gasteiger partial charge >= 0.3 is 0 Å². The molecule has 0 atom stereocenters. The van der Waals surface area contributed by atoms with Crippen molar-refractivity contribution >= 4 is 22.5 Å². The summed E-state index contributed by atoms with van der Waals surface area (Å²) >= 11 is 0. The molecule has 1 saturated carbocycles. The molecule has 8 heteroatoms. The van der Waals surface area contributed by atoms with Crippen LogP contribution in [-0.2, 0) is 0 Å². The molecular weight excluding hydrogens is 342 g/mol. The first-order chi connectivity index (χ1) is 13.2. The topological polar surface area (TPSA) is 123 Å². The van der Waals surface area contributed by atoms with E-state index in [0.29, 0.717) is 23.3 Å². The van der Waals surface area contributed by atoms with Gasteiger partial charge in [-0.1, -0.05) is 0 Å². The van der Waals surface area contributed by atoms with E-state index in [0.717, 1.165) is 36.7 Å².